The zero-order chi connectivity index (χ0) is 16.7. The maximum absolute atomic E-state index is 11.7. The normalized spacial score (nSPS) is 25.4. The van der Waals surface area contributed by atoms with E-state index in [-0.39, 0.29) is 5.41 Å². The van der Waals surface area contributed by atoms with Crippen LogP contribution in [0, 0.1) is 0 Å². The Morgan fingerprint density at radius 1 is 1.25 bits per heavy atom. The molecule has 4 rings (SSSR count). The average molecular weight is 388 g/mol. The number of aromatic nitrogens is 1. The molecule has 24 heavy (non-hydrogen) atoms. The highest BCUT2D eigenvalue weighted by Crippen LogP contribution is 2.50. The van der Waals surface area contributed by atoms with Crippen molar-refractivity contribution in [3.63, 3.8) is 0 Å². The van der Waals surface area contributed by atoms with Crippen molar-refractivity contribution >= 4 is 38.8 Å². The van der Waals surface area contributed by atoms with Crippen LogP contribution in [0.3, 0.4) is 0 Å². The maximum Gasteiger partial charge on any atom is 0.130 e. The van der Waals surface area contributed by atoms with Crippen LogP contribution in [-0.4, -0.2) is 23.4 Å². The van der Waals surface area contributed by atoms with Gasteiger partial charge >= 0.3 is 0 Å². The average Bonchev–Trinajstić information content (AvgIpc) is 3.38. The second-order valence-corrected chi connectivity index (χ2v) is 8.15. The van der Waals surface area contributed by atoms with Gasteiger partial charge in [-0.1, -0.05) is 15.9 Å². The second-order valence-electron chi connectivity index (χ2n) is 7.24. The molecular weight excluding hydrogens is 366 g/mol. The molecule has 5 heteroatoms. The van der Waals surface area contributed by atoms with E-state index >= 15 is 0 Å². The number of nitrogens with zero attached hydrogens (tertiary/aromatic N) is 1. The monoisotopic (exact) mass is 387 g/mol. The van der Waals surface area contributed by atoms with Crippen LogP contribution in [0.2, 0.25) is 0 Å². The Morgan fingerprint density at radius 2 is 2.00 bits per heavy atom. The fourth-order valence-corrected chi connectivity index (χ4v) is 4.11. The molecule has 0 spiro atoms. The number of halogens is 1. The van der Waals surface area contributed by atoms with Crippen LogP contribution in [0.5, 0.6) is 0 Å². The van der Waals surface area contributed by atoms with E-state index in [1.807, 2.05) is 18.3 Å². The van der Waals surface area contributed by atoms with E-state index in [1.54, 1.807) is 0 Å². The first-order valence-corrected chi connectivity index (χ1v) is 9.48. The first-order valence-electron chi connectivity index (χ1n) is 8.68. The first-order chi connectivity index (χ1) is 11.6. The number of fused-ring (bicyclic) bond motifs is 1. The van der Waals surface area contributed by atoms with Crippen molar-refractivity contribution in [3.8, 4) is 0 Å². The first kappa shape index (κ1) is 16.0. The van der Waals surface area contributed by atoms with Crippen molar-refractivity contribution in [2.75, 3.05) is 5.32 Å². The van der Waals surface area contributed by atoms with Gasteiger partial charge in [-0.05, 0) is 56.7 Å². The highest BCUT2D eigenvalue weighted by molar-refractivity contribution is 9.10. The number of benzene rings is 1. The molecule has 1 aromatic carbocycles. The summed E-state index contributed by atoms with van der Waals surface area (Å²) in [5, 5.41) is 4.83. The number of carbonyl (C=O) groups is 1. The Kier molecular flexibility index (Phi) is 4.09. The summed E-state index contributed by atoms with van der Waals surface area (Å²) in [5.41, 5.74) is 8.80. The lowest BCUT2D eigenvalue weighted by molar-refractivity contribution is -0.109. The number of nitrogens with one attached hydrogen (secondary N) is 1. The minimum atomic E-state index is -0.336. The predicted molar refractivity (Wildman–Crippen MR) is 100 cm³/mol. The molecule has 0 bridgehead atoms. The van der Waals surface area contributed by atoms with Gasteiger partial charge in [-0.2, -0.15) is 0 Å². The molecule has 4 nitrogen and oxygen atoms in total. The summed E-state index contributed by atoms with van der Waals surface area (Å²) in [5.74, 6) is 0. The van der Waals surface area contributed by atoms with Crippen LogP contribution in [-0.2, 0) is 10.2 Å². The molecule has 2 fully saturated rings. The minimum absolute atomic E-state index is 0.329. The number of pyridine rings is 1. The predicted octanol–water partition coefficient (Wildman–Crippen LogP) is 3.91. The van der Waals surface area contributed by atoms with Gasteiger partial charge in [0, 0.05) is 39.4 Å². The number of hydrogen-bond acceptors (Lipinski definition) is 4. The summed E-state index contributed by atoms with van der Waals surface area (Å²) in [4.78, 5) is 16.3. The topological polar surface area (TPSA) is 68.0 Å². The quantitative estimate of drug-likeness (QED) is 0.780. The van der Waals surface area contributed by atoms with Crippen molar-refractivity contribution < 1.29 is 4.79 Å². The maximum atomic E-state index is 11.7. The van der Waals surface area contributed by atoms with Crippen LogP contribution in [0.15, 0.2) is 28.9 Å². The highest BCUT2D eigenvalue weighted by atomic mass is 79.9. The van der Waals surface area contributed by atoms with E-state index < -0.39 is 0 Å². The lowest BCUT2D eigenvalue weighted by Gasteiger charge is -2.29. The van der Waals surface area contributed by atoms with Crippen molar-refractivity contribution in [1.82, 2.24) is 4.98 Å². The Labute approximate surface area is 150 Å². The zero-order valence-electron chi connectivity index (χ0n) is 13.6. The Bertz CT molecular complexity index is 780. The molecule has 2 aliphatic rings. The van der Waals surface area contributed by atoms with E-state index in [0.717, 1.165) is 71.4 Å². The summed E-state index contributed by atoms with van der Waals surface area (Å²) in [7, 11) is 0. The highest BCUT2D eigenvalue weighted by Gasteiger charge is 2.46. The summed E-state index contributed by atoms with van der Waals surface area (Å²) >= 11 is 3.57. The number of carbonyl (C=O) groups excluding carboxylic acids is 1. The SMILES string of the molecule is NC1CCC(Nc2c(C3(C=O)CC3)cnc3ccc(Br)cc23)CC1. The van der Waals surface area contributed by atoms with Crippen LogP contribution in [0.1, 0.15) is 44.1 Å². The number of hydrogen-bond donors (Lipinski definition) is 2. The smallest absolute Gasteiger partial charge is 0.130 e. The molecule has 0 amide bonds. The minimum Gasteiger partial charge on any atom is -0.381 e. The molecule has 0 radical (unpaired) electrons. The van der Waals surface area contributed by atoms with Crippen LogP contribution >= 0.6 is 15.9 Å². The number of nitrogens with two attached hydrogens (primary N) is 1. The van der Waals surface area contributed by atoms with Crippen molar-refractivity contribution in [1.29, 1.82) is 0 Å². The molecule has 0 saturated heterocycles. The number of anilines is 1. The molecular formula is C19H22BrN3O. The van der Waals surface area contributed by atoms with Gasteiger partial charge in [0.2, 0.25) is 0 Å². The molecule has 2 aromatic rings. The van der Waals surface area contributed by atoms with Gasteiger partial charge in [0.05, 0.1) is 10.9 Å². The Balaban J connectivity index is 1.78. The molecule has 1 aromatic heterocycles. The summed E-state index contributed by atoms with van der Waals surface area (Å²) < 4.78 is 1.03. The fourth-order valence-electron chi connectivity index (χ4n) is 3.75. The molecule has 126 valence electrons. The zero-order valence-corrected chi connectivity index (χ0v) is 15.2. The molecule has 2 saturated carbocycles. The van der Waals surface area contributed by atoms with Gasteiger partial charge in [-0.3, -0.25) is 4.98 Å². The lowest BCUT2D eigenvalue weighted by atomic mass is 9.90. The van der Waals surface area contributed by atoms with Gasteiger partial charge < -0.3 is 15.8 Å². The molecule has 3 N–H and O–H groups in total. The van der Waals surface area contributed by atoms with E-state index in [4.69, 9.17) is 5.73 Å². The van der Waals surface area contributed by atoms with Crippen LogP contribution in [0.25, 0.3) is 10.9 Å². The van der Waals surface area contributed by atoms with Gasteiger partial charge in [0.15, 0.2) is 0 Å². The fraction of sp³-hybridized carbons (Fsp3) is 0.474. The van der Waals surface area contributed by atoms with Crippen LogP contribution in [0.4, 0.5) is 5.69 Å². The molecule has 0 atom stereocenters. The van der Waals surface area contributed by atoms with Crippen molar-refractivity contribution in [3.05, 3.63) is 34.4 Å². The van der Waals surface area contributed by atoms with Crippen LogP contribution < -0.4 is 11.1 Å². The third-order valence-corrected chi connectivity index (χ3v) is 5.99. The molecule has 0 aliphatic heterocycles. The Hall–Kier alpha value is -1.46. The summed E-state index contributed by atoms with van der Waals surface area (Å²) in [6.45, 7) is 0. The van der Waals surface area contributed by atoms with Crippen molar-refractivity contribution in [2.45, 2.75) is 56.0 Å². The van der Waals surface area contributed by atoms with E-state index in [2.05, 4.69) is 32.3 Å². The number of rotatable bonds is 4. The summed E-state index contributed by atoms with van der Waals surface area (Å²) in [6, 6.07) is 6.87. The third-order valence-electron chi connectivity index (χ3n) is 5.50. The standard InChI is InChI=1S/C19H22BrN3O/c20-12-1-6-17-15(9-12)18(23-14-4-2-13(21)3-5-14)16(10-22-17)19(11-24)7-8-19/h1,6,9-11,13-14H,2-5,7-8,21H2,(H,22,23). The lowest BCUT2D eigenvalue weighted by Crippen LogP contribution is -2.33. The molecule has 2 aliphatic carbocycles. The largest absolute Gasteiger partial charge is 0.381 e. The van der Waals surface area contributed by atoms with Gasteiger partial charge in [0.1, 0.15) is 6.29 Å². The van der Waals surface area contributed by atoms with Gasteiger partial charge in [-0.25, -0.2) is 0 Å². The van der Waals surface area contributed by atoms with Gasteiger partial charge in [-0.15, -0.1) is 0 Å². The van der Waals surface area contributed by atoms with E-state index in [1.165, 1.54) is 0 Å². The van der Waals surface area contributed by atoms with Gasteiger partial charge in [0.25, 0.3) is 0 Å². The third kappa shape index (κ3) is 2.84. The number of aldehydes is 1. The van der Waals surface area contributed by atoms with E-state index in [0.29, 0.717) is 12.1 Å². The second kappa shape index (κ2) is 6.12. The Morgan fingerprint density at radius 3 is 2.67 bits per heavy atom. The summed E-state index contributed by atoms with van der Waals surface area (Å²) in [6.07, 6.45) is 9.10. The molecule has 1 heterocycles. The molecule has 0 unspecified atom stereocenters. The van der Waals surface area contributed by atoms with Crippen molar-refractivity contribution in [2.24, 2.45) is 5.73 Å². The van der Waals surface area contributed by atoms with E-state index in [9.17, 15) is 4.79 Å².